The number of hydrogen-bond acceptors (Lipinski definition) is 5. The molecule has 0 N–H and O–H groups in total. The van der Waals surface area contributed by atoms with Gasteiger partial charge in [0.2, 0.25) is 0 Å². The molecule has 0 saturated heterocycles. The van der Waals surface area contributed by atoms with Gasteiger partial charge in [-0.1, -0.05) is 36.7 Å². The Kier molecular flexibility index (Phi) is 5.23. The summed E-state index contributed by atoms with van der Waals surface area (Å²) in [6.07, 6.45) is 4.10. The fourth-order valence-electron chi connectivity index (χ4n) is 3.13. The minimum atomic E-state index is -0.282. The SMILES string of the molecule is CC(C)OC(=O)CSc1nc2ccccc2c(=O)n1C1CCCC1. The lowest BCUT2D eigenvalue weighted by atomic mass is 10.2. The molecule has 0 unspecified atom stereocenters. The number of carbonyl (C=O) groups excluding carboxylic acids is 1. The Morgan fingerprint density at radius 1 is 1.33 bits per heavy atom. The molecule has 2 aromatic rings. The van der Waals surface area contributed by atoms with Gasteiger partial charge in [0.15, 0.2) is 5.16 Å². The lowest BCUT2D eigenvalue weighted by Gasteiger charge is -2.18. The lowest BCUT2D eigenvalue weighted by molar-refractivity contribution is -0.144. The van der Waals surface area contributed by atoms with Gasteiger partial charge in [-0.3, -0.25) is 14.2 Å². The van der Waals surface area contributed by atoms with Gasteiger partial charge in [-0.15, -0.1) is 0 Å². The topological polar surface area (TPSA) is 61.2 Å². The van der Waals surface area contributed by atoms with Crippen LogP contribution in [-0.4, -0.2) is 27.4 Å². The van der Waals surface area contributed by atoms with Gasteiger partial charge in [0.05, 0.1) is 22.8 Å². The molecule has 128 valence electrons. The third-order valence-corrected chi connectivity index (χ3v) is 5.08. The first-order chi connectivity index (χ1) is 11.6. The molecule has 1 aliphatic rings. The number of fused-ring (bicyclic) bond motifs is 1. The smallest absolute Gasteiger partial charge is 0.316 e. The third kappa shape index (κ3) is 3.64. The van der Waals surface area contributed by atoms with Crippen LogP contribution in [0.25, 0.3) is 10.9 Å². The maximum atomic E-state index is 13.0. The van der Waals surface area contributed by atoms with Crippen LogP contribution in [-0.2, 0) is 9.53 Å². The largest absolute Gasteiger partial charge is 0.462 e. The zero-order chi connectivity index (χ0) is 17.1. The van der Waals surface area contributed by atoms with E-state index in [-0.39, 0.29) is 29.4 Å². The molecular formula is C18H22N2O3S. The Morgan fingerprint density at radius 2 is 2.04 bits per heavy atom. The minimum absolute atomic E-state index is 0.00720. The summed E-state index contributed by atoms with van der Waals surface area (Å²) in [4.78, 5) is 29.5. The molecule has 1 fully saturated rings. The van der Waals surface area contributed by atoms with Crippen molar-refractivity contribution in [2.75, 3.05) is 5.75 Å². The highest BCUT2D eigenvalue weighted by Crippen LogP contribution is 2.32. The molecule has 24 heavy (non-hydrogen) atoms. The lowest BCUT2D eigenvalue weighted by Crippen LogP contribution is -2.27. The molecule has 0 spiro atoms. The molecule has 0 radical (unpaired) electrons. The summed E-state index contributed by atoms with van der Waals surface area (Å²) in [6.45, 7) is 3.65. The highest BCUT2D eigenvalue weighted by Gasteiger charge is 2.23. The molecule has 0 bridgehead atoms. The fraction of sp³-hybridized carbons (Fsp3) is 0.500. The van der Waals surface area contributed by atoms with Gasteiger partial charge in [-0.05, 0) is 38.8 Å². The average molecular weight is 346 g/mol. The van der Waals surface area contributed by atoms with E-state index in [0.717, 1.165) is 25.7 Å². The van der Waals surface area contributed by atoms with Gasteiger partial charge in [0.1, 0.15) is 0 Å². The maximum Gasteiger partial charge on any atom is 0.316 e. The molecule has 1 aliphatic carbocycles. The van der Waals surface area contributed by atoms with E-state index in [1.807, 2.05) is 38.1 Å². The van der Waals surface area contributed by atoms with Crippen molar-refractivity contribution in [2.24, 2.45) is 0 Å². The minimum Gasteiger partial charge on any atom is -0.462 e. The predicted molar refractivity (Wildman–Crippen MR) is 95.5 cm³/mol. The van der Waals surface area contributed by atoms with Crippen molar-refractivity contribution in [3.8, 4) is 0 Å². The maximum absolute atomic E-state index is 13.0. The van der Waals surface area contributed by atoms with Crippen LogP contribution in [0, 0.1) is 0 Å². The van der Waals surface area contributed by atoms with E-state index >= 15 is 0 Å². The quantitative estimate of drug-likeness (QED) is 0.471. The number of aromatic nitrogens is 2. The number of para-hydroxylation sites is 1. The van der Waals surface area contributed by atoms with E-state index in [9.17, 15) is 9.59 Å². The second kappa shape index (κ2) is 7.38. The standard InChI is InChI=1S/C18H22N2O3S/c1-12(2)23-16(21)11-24-18-19-15-10-6-5-9-14(15)17(22)20(18)13-7-3-4-8-13/h5-6,9-10,12-13H,3-4,7-8,11H2,1-2H3. The Morgan fingerprint density at radius 3 is 2.75 bits per heavy atom. The van der Waals surface area contributed by atoms with Crippen LogP contribution in [0.15, 0.2) is 34.2 Å². The van der Waals surface area contributed by atoms with E-state index in [4.69, 9.17) is 4.74 Å². The summed E-state index contributed by atoms with van der Waals surface area (Å²) in [5.41, 5.74) is 0.670. The van der Waals surface area contributed by atoms with E-state index in [1.54, 1.807) is 4.57 Å². The first-order valence-corrected chi connectivity index (χ1v) is 9.38. The number of benzene rings is 1. The number of esters is 1. The first-order valence-electron chi connectivity index (χ1n) is 8.40. The van der Waals surface area contributed by atoms with Crippen LogP contribution in [0.2, 0.25) is 0 Å². The van der Waals surface area contributed by atoms with Gasteiger partial charge < -0.3 is 4.74 Å². The molecular weight excluding hydrogens is 324 g/mol. The number of rotatable bonds is 5. The molecule has 1 heterocycles. The van der Waals surface area contributed by atoms with Gasteiger partial charge in [0, 0.05) is 6.04 Å². The second-order valence-electron chi connectivity index (χ2n) is 6.35. The highest BCUT2D eigenvalue weighted by atomic mass is 32.2. The number of ether oxygens (including phenoxy) is 1. The zero-order valence-corrected chi connectivity index (χ0v) is 14.8. The van der Waals surface area contributed by atoms with Crippen molar-refractivity contribution < 1.29 is 9.53 Å². The first kappa shape index (κ1) is 17.0. The van der Waals surface area contributed by atoms with Crippen molar-refractivity contribution in [3.05, 3.63) is 34.6 Å². The zero-order valence-electron chi connectivity index (χ0n) is 14.0. The number of hydrogen-bond donors (Lipinski definition) is 0. The molecule has 3 rings (SSSR count). The van der Waals surface area contributed by atoms with Crippen molar-refractivity contribution in [1.82, 2.24) is 9.55 Å². The van der Waals surface area contributed by atoms with Crippen molar-refractivity contribution >= 4 is 28.6 Å². The molecule has 1 saturated carbocycles. The molecule has 6 heteroatoms. The third-order valence-electron chi connectivity index (χ3n) is 4.15. The average Bonchev–Trinajstić information content (AvgIpc) is 3.06. The van der Waals surface area contributed by atoms with Crippen LogP contribution in [0.1, 0.15) is 45.6 Å². The van der Waals surface area contributed by atoms with Crippen LogP contribution >= 0.6 is 11.8 Å². The summed E-state index contributed by atoms with van der Waals surface area (Å²) in [7, 11) is 0. The molecule has 5 nitrogen and oxygen atoms in total. The number of nitrogens with zero attached hydrogens (tertiary/aromatic N) is 2. The van der Waals surface area contributed by atoms with E-state index in [1.165, 1.54) is 11.8 Å². The fourth-order valence-corrected chi connectivity index (χ4v) is 3.98. The molecule has 1 aromatic carbocycles. The summed E-state index contributed by atoms with van der Waals surface area (Å²) in [5, 5.41) is 1.25. The predicted octanol–water partition coefficient (Wildman–Crippen LogP) is 3.56. The van der Waals surface area contributed by atoms with E-state index in [2.05, 4.69) is 4.98 Å². The summed E-state index contributed by atoms with van der Waals surface area (Å²) in [5.74, 6) is -0.120. The van der Waals surface area contributed by atoms with E-state index in [0.29, 0.717) is 16.1 Å². The van der Waals surface area contributed by atoms with Gasteiger partial charge in [-0.2, -0.15) is 0 Å². The molecule has 0 amide bonds. The van der Waals surface area contributed by atoms with Gasteiger partial charge >= 0.3 is 5.97 Å². The summed E-state index contributed by atoms with van der Waals surface area (Å²) < 4.78 is 6.97. The van der Waals surface area contributed by atoms with Crippen LogP contribution in [0.4, 0.5) is 0 Å². The number of carbonyl (C=O) groups is 1. The number of thioether (sulfide) groups is 1. The van der Waals surface area contributed by atoms with Crippen LogP contribution in [0.3, 0.4) is 0 Å². The normalized spacial score (nSPS) is 15.3. The van der Waals surface area contributed by atoms with Crippen LogP contribution < -0.4 is 5.56 Å². The Labute approximate surface area is 145 Å². The van der Waals surface area contributed by atoms with Gasteiger partial charge in [-0.25, -0.2) is 4.98 Å². The molecule has 0 atom stereocenters. The van der Waals surface area contributed by atoms with Gasteiger partial charge in [0.25, 0.3) is 5.56 Å². The molecule has 1 aromatic heterocycles. The second-order valence-corrected chi connectivity index (χ2v) is 7.29. The van der Waals surface area contributed by atoms with Crippen molar-refractivity contribution in [2.45, 2.75) is 56.8 Å². The Balaban J connectivity index is 1.96. The Bertz CT molecular complexity index is 794. The summed E-state index contributed by atoms with van der Waals surface area (Å²) in [6, 6.07) is 7.57. The monoisotopic (exact) mass is 346 g/mol. The Hall–Kier alpha value is -1.82. The van der Waals surface area contributed by atoms with Crippen molar-refractivity contribution in [1.29, 1.82) is 0 Å². The van der Waals surface area contributed by atoms with E-state index < -0.39 is 0 Å². The highest BCUT2D eigenvalue weighted by molar-refractivity contribution is 7.99. The summed E-state index contributed by atoms with van der Waals surface area (Å²) >= 11 is 1.29. The molecule has 0 aliphatic heterocycles. The van der Waals surface area contributed by atoms with Crippen LogP contribution in [0.5, 0.6) is 0 Å². The van der Waals surface area contributed by atoms with Crippen molar-refractivity contribution in [3.63, 3.8) is 0 Å².